The van der Waals surface area contributed by atoms with Crippen LogP contribution in [0.4, 0.5) is 5.82 Å². The van der Waals surface area contributed by atoms with E-state index in [1.807, 2.05) is 35.0 Å². The molecule has 0 atom stereocenters. The largest absolute Gasteiger partial charge is 0.310 e. The number of thioether (sulfide) groups is 1. The Balaban J connectivity index is 1.33. The van der Waals surface area contributed by atoms with Crippen LogP contribution in [-0.4, -0.2) is 31.0 Å². The third kappa shape index (κ3) is 3.69. The zero-order chi connectivity index (χ0) is 19.8. The van der Waals surface area contributed by atoms with Gasteiger partial charge in [-0.3, -0.25) is 14.2 Å². The van der Waals surface area contributed by atoms with Crippen LogP contribution < -0.4 is 10.9 Å². The van der Waals surface area contributed by atoms with Gasteiger partial charge >= 0.3 is 0 Å². The summed E-state index contributed by atoms with van der Waals surface area (Å²) in [6.45, 7) is 0. The number of nitrogens with zero attached hydrogens (tertiary/aromatic N) is 4. The first-order valence-electron chi connectivity index (χ1n) is 10.2. The lowest BCUT2D eigenvalue weighted by atomic mass is 10.2. The molecule has 7 nitrogen and oxygen atoms in total. The summed E-state index contributed by atoms with van der Waals surface area (Å²) < 4.78 is 3.70. The minimum atomic E-state index is -0.112. The highest BCUT2D eigenvalue weighted by atomic mass is 32.2. The minimum Gasteiger partial charge on any atom is -0.310 e. The van der Waals surface area contributed by atoms with Gasteiger partial charge < -0.3 is 5.32 Å². The molecule has 0 spiro atoms. The summed E-state index contributed by atoms with van der Waals surface area (Å²) in [5, 5.41) is 8.63. The van der Waals surface area contributed by atoms with Crippen molar-refractivity contribution in [1.82, 2.24) is 19.3 Å². The lowest BCUT2D eigenvalue weighted by Gasteiger charge is -2.15. The average molecular weight is 410 g/mol. The summed E-state index contributed by atoms with van der Waals surface area (Å²) in [5.74, 6) is 0.834. The van der Waals surface area contributed by atoms with Gasteiger partial charge in [0, 0.05) is 12.1 Å². The van der Waals surface area contributed by atoms with Crippen molar-refractivity contribution in [3.05, 3.63) is 46.9 Å². The van der Waals surface area contributed by atoms with Crippen LogP contribution in [0.5, 0.6) is 0 Å². The van der Waals surface area contributed by atoms with E-state index in [-0.39, 0.29) is 23.3 Å². The molecule has 1 aromatic carbocycles. The fourth-order valence-electron chi connectivity index (χ4n) is 4.04. The summed E-state index contributed by atoms with van der Waals surface area (Å²) in [7, 11) is 0. The number of nitrogens with one attached hydrogen (secondary N) is 1. The van der Waals surface area contributed by atoms with Crippen LogP contribution in [0.25, 0.3) is 10.9 Å². The van der Waals surface area contributed by atoms with Crippen LogP contribution in [0.3, 0.4) is 0 Å². The van der Waals surface area contributed by atoms with E-state index < -0.39 is 0 Å². The maximum absolute atomic E-state index is 12.9. The third-order valence-corrected chi connectivity index (χ3v) is 6.58. The number of hydrogen-bond acceptors (Lipinski definition) is 5. The molecule has 0 radical (unpaired) electrons. The van der Waals surface area contributed by atoms with Crippen molar-refractivity contribution in [2.45, 2.75) is 55.8 Å². The first-order valence-corrected chi connectivity index (χ1v) is 11.2. The number of carbonyl (C=O) groups is 1. The summed E-state index contributed by atoms with van der Waals surface area (Å²) in [5.41, 5.74) is 0.664. The number of benzene rings is 1. The Bertz CT molecular complexity index is 1110. The number of hydrogen-bond donors (Lipinski definition) is 1. The minimum absolute atomic E-state index is 0.0136. The van der Waals surface area contributed by atoms with Crippen molar-refractivity contribution in [3.8, 4) is 0 Å². The van der Waals surface area contributed by atoms with Crippen LogP contribution in [0.15, 0.2) is 46.5 Å². The molecule has 29 heavy (non-hydrogen) atoms. The zero-order valence-corrected chi connectivity index (χ0v) is 16.9. The fourth-order valence-corrected chi connectivity index (χ4v) is 4.91. The maximum Gasteiger partial charge on any atom is 0.262 e. The number of rotatable bonds is 6. The Morgan fingerprint density at radius 3 is 2.69 bits per heavy atom. The van der Waals surface area contributed by atoms with Gasteiger partial charge in [0.2, 0.25) is 5.91 Å². The predicted octanol–water partition coefficient (Wildman–Crippen LogP) is 3.77. The van der Waals surface area contributed by atoms with E-state index in [9.17, 15) is 9.59 Å². The molecule has 2 fully saturated rings. The molecule has 150 valence electrons. The fraction of sp³-hybridized carbons (Fsp3) is 0.429. The lowest BCUT2D eigenvalue weighted by Crippen LogP contribution is -2.24. The molecule has 0 aliphatic heterocycles. The van der Waals surface area contributed by atoms with Crippen molar-refractivity contribution in [1.29, 1.82) is 0 Å². The number of carbonyl (C=O) groups excluding carboxylic acids is 1. The van der Waals surface area contributed by atoms with Crippen LogP contribution >= 0.6 is 11.8 Å². The van der Waals surface area contributed by atoms with E-state index in [1.165, 1.54) is 24.6 Å². The van der Waals surface area contributed by atoms with Crippen LogP contribution in [0, 0.1) is 0 Å². The second-order valence-corrected chi connectivity index (χ2v) is 8.70. The van der Waals surface area contributed by atoms with Gasteiger partial charge in [-0.1, -0.05) is 36.7 Å². The molecule has 2 aliphatic carbocycles. The molecular weight excluding hydrogens is 386 g/mol. The van der Waals surface area contributed by atoms with E-state index in [1.54, 1.807) is 10.8 Å². The monoisotopic (exact) mass is 409 g/mol. The number of fused-ring (bicyclic) bond motifs is 1. The standard InChI is InChI=1S/C21H23N5O2S/c27-19(24-18-11-12-22-26(18)15-5-1-2-6-15)13-29-21-23-17-8-4-3-7-16(17)20(28)25(21)14-9-10-14/h3-4,7-8,11-12,14-15H,1-2,5-6,9-10,13H2,(H,24,27). The van der Waals surface area contributed by atoms with Gasteiger partial charge in [0.05, 0.1) is 28.9 Å². The molecule has 0 unspecified atom stereocenters. The molecule has 2 aromatic heterocycles. The average Bonchev–Trinajstić information content (AvgIpc) is 3.21. The smallest absolute Gasteiger partial charge is 0.262 e. The number of anilines is 1. The molecule has 0 saturated heterocycles. The first kappa shape index (κ1) is 18.4. The Morgan fingerprint density at radius 1 is 1.10 bits per heavy atom. The molecule has 2 saturated carbocycles. The number of amides is 1. The number of aromatic nitrogens is 4. The van der Waals surface area contributed by atoms with Gasteiger partial charge in [-0.05, 0) is 37.8 Å². The van der Waals surface area contributed by atoms with E-state index in [0.717, 1.165) is 31.5 Å². The van der Waals surface area contributed by atoms with Crippen LogP contribution in [-0.2, 0) is 4.79 Å². The summed E-state index contributed by atoms with van der Waals surface area (Å²) >= 11 is 1.32. The molecule has 1 amide bonds. The number of para-hydroxylation sites is 1. The van der Waals surface area contributed by atoms with E-state index in [4.69, 9.17) is 0 Å². The Morgan fingerprint density at radius 2 is 1.90 bits per heavy atom. The quantitative estimate of drug-likeness (QED) is 0.495. The maximum atomic E-state index is 12.9. The SMILES string of the molecule is O=C(CSc1nc2ccccc2c(=O)n1C1CC1)Nc1ccnn1C1CCCC1. The van der Waals surface area contributed by atoms with Gasteiger partial charge in [0.1, 0.15) is 5.82 Å². The third-order valence-electron chi connectivity index (χ3n) is 5.63. The summed E-state index contributed by atoms with van der Waals surface area (Å²) in [4.78, 5) is 30.2. The summed E-state index contributed by atoms with van der Waals surface area (Å²) in [6.07, 6.45) is 8.33. The second-order valence-electron chi connectivity index (χ2n) is 7.75. The molecule has 2 heterocycles. The highest BCUT2D eigenvalue weighted by Crippen LogP contribution is 2.37. The van der Waals surface area contributed by atoms with Gasteiger partial charge in [0.15, 0.2) is 5.16 Å². The van der Waals surface area contributed by atoms with Crippen molar-refractivity contribution < 1.29 is 4.79 Å². The lowest BCUT2D eigenvalue weighted by molar-refractivity contribution is -0.113. The highest BCUT2D eigenvalue weighted by molar-refractivity contribution is 7.99. The summed E-state index contributed by atoms with van der Waals surface area (Å²) in [6, 6.07) is 9.81. The van der Waals surface area contributed by atoms with Crippen molar-refractivity contribution in [2.24, 2.45) is 0 Å². The molecule has 2 aliphatic rings. The molecule has 0 bridgehead atoms. The second kappa shape index (κ2) is 7.67. The molecule has 5 rings (SSSR count). The van der Waals surface area contributed by atoms with E-state index in [0.29, 0.717) is 22.1 Å². The molecule has 8 heteroatoms. The van der Waals surface area contributed by atoms with Gasteiger partial charge in [0.25, 0.3) is 5.56 Å². The van der Waals surface area contributed by atoms with Crippen molar-refractivity contribution in [2.75, 3.05) is 11.1 Å². The Hall–Kier alpha value is -2.61. The van der Waals surface area contributed by atoms with Gasteiger partial charge in [-0.25, -0.2) is 9.67 Å². The topological polar surface area (TPSA) is 81.8 Å². The van der Waals surface area contributed by atoms with Crippen molar-refractivity contribution in [3.63, 3.8) is 0 Å². The van der Waals surface area contributed by atoms with Crippen LogP contribution in [0.2, 0.25) is 0 Å². The Labute approximate surface area is 172 Å². The highest BCUT2D eigenvalue weighted by Gasteiger charge is 2.29. The molecular formula is C21H23N5O2S. The normalized spacial score (nSPS) is 17.1. The van der Waals surface area contributed by atoms with E-state index in [2.05, 4.69) is 15.4 Å². The zero-order valence-electron chi connectivity index (χ0n) is 16.1. The first-order chi connectivity index (χ1) is 14.2. The van der Waals surface area contributed by atoms with E-state index >= 15 is 0 Å². The molecule has 3 aromatic rings. The van der Waals surface area contributed by atoms with Gasteiger partial charge in [-0.2, -0.15) is 5.10 Å². The van der Waals surface area contributed by atoms with Gasteiger partial charge in [-0.15, -0.1) is 0 Å². The molecule has 1 N–H and O–H groups in total. The predicted molar refractivity (Wildman–Crippen MR) is 113 cm³/mol. The van der Waals surface area contributed by atoms with Crippen molar-refractivity contribution >= 4 is 34.4 Å². The van der Waals surface area contributed by atoms with Crippen LogP contribution in [0.1, 0.15) is 50.6 Å². The Kier molecular flexibility index (Phi) is 4.87.